The molecule has 0 radical (unpaired) electrons. The Hall–Kier alpha value is -1.89. The molecular weight excluding hydrogens is 479 g/mol. The third-order valence-electron chi connectivity index (χ3n) is 5.04. The average molecular weight is 512 g/mol. The Bertz CT molecular complexity index is 940. The average Bonchev–Trinajstić information content (AvgIpc) is 2.79. The second-order valence-corrected chi connectivity index (χ2v) is 9.98. The fourth-order valence-electron chi connectivity index (χ4n) is 3.28. The molecular formula is C25H32Cl2N2O3S. The summed E-state index contributed by atoms with van der Waals surface area (Å²) in [7, 11) is 1.61. The Balaban J connectivity index is 2.15. The second-order valence-electron chi connectivity index (χ2n) is 8.18. The zero-order valence-corrected chi connectivity index (χ0v) is 21.9. The van der Waals surface area contributed by atoms with Crippen molar-refractivity contribution < 1.29 is 14.3 Å². The van der Waals surface area contributed by atoms with Crippen LogP contribution in [0.3, 0.4) is 0 Å². The summed E-state index contributed by atoms with van der Waals surface area (Å²) in [6, 6.07) is 12.5. The van der Waals surface area contributed by atoms with Gasteiger partial charge in [-0.25, -0.2) is 0 Å². The van der Waals surface area contributed by atoms with E-state index >= 15 is 0 Å². The number of methoxy groups -OCH3 is 1. The first-order valence-corrected chi connectivity index (χ1v) is 12.9. The van der Waals surface area contributed by atoms with Crippen LogP contribution in [-0.4, -0.2) is 42.2 Å². The van der Waals surface area contributed by atoms with Crippen molar-refractivity contribution in [2.24, 2.45) is 5.92 Å². The van der Waals surface area contributed by atoms with Crippen molar-refractivity contribution in [3.63, 3.8) is 0 Å². The summed E-state index contributed by atoms with van der Waals surface area (Å²) in [6.07, 6.45) is 0.525. The van der Waals surface area contributed by atoms with E-state index in [0.29, 0.717) is 47.0 Å². The number of rotatable bonds is 12. The van der Waals surface area contributed by atoms with E-state index in [9.17, 15) is 9.59 Å². The Kier molecular flexibility index (Phi) is 11.4. The van der Waals surface area contributed by atoms with E-state index in [0.717, 1.165) is 11.1 Å². The van der Waals surface area contributed by atoms with E-state index in [2.05, 4.69) is 5.32 Å². The zero-order chi connectivity index (χ0) is 24.4. The number of nitrogens with zero attached hydrogens (tertiary/aromatic N) is 1. The standard InChI is InChI=1S/C25H32Cl2N2O3S/c1-5-23(25(31)28-13-17(2)3)29(14-18-7-6-8-20(11-18)32-4)24(30)16-33-15-19-9-10-21(26)22(27)12-19/h6-12,17,23H,5,13-16H2,1-4H3,(H,28,31)/t23-/m0/s1. The van der Waals surface area contributed by atoms with Crippen molar-refractivity contribution in [3.8, 4) is 5.75 Å². The van der Waals surface area contributed by atoms with Crippen molar-refractivity contribution >= 4 is 46.8 Å². The summed E-state index contributed by atoms with van der Waals surface area (Å²) in [5, 5.41) is 3.98. The van der Waals surface area contributed by atoms with E-state index in [1.807, 2.05) is 57.2 Å². The molecule has 33 heavy (non-hydrogen) atoms. The quantitative estimate of drug-likeness (QED) is 0.391. The Morgan fingerprint density at radius 2 is 1.85 bits per heavy atom. The van der Waals surface area contributed by atoms with Crippen LogP contribution in [-0.2, 0) is 21.9 Å². The monoisotopic (exact) mass is 510 g/mol. The zero-order valence-electron chi connectivity index (χ0n) is 19.6. The lowest BCUT2D eigenvalue weighted by molar-refractivity contribution is -0.139. The first kappa shape index (κ1) is 27.4. The summed E-state index contributed by atoms with van der Waals surface area (Å²) < 4.78 is 5.32. The summed E-state index contributed by atoms with van der Waals surface area (Å²) in [4.78, 5) is 27.9. The first-order valence-electron chi connectivity index (χ1n) is 11.0. The molecule has 0 aliphatic heterocycles. The van der Waals surface area contributed by atoms with E-state index in [4.69, 9.17) is 27.9 Å². The second kappa shape index (κ2) is 13.7. The molecule has 8 heteroatoms. The van der Waals surface area contributed by atoms with Gasteiger partial charge in [0.25, 0.3) is 0 Å². The number of carbonyl (C=O) groups excluding carboxylic acids is 2. The number of ether oxygens (including phenoxy) is 1. The third kappa shape index (κ3) is 8.76. The highest BCUT2D eigenvalue weighted by Gasteiger charge is 2.28. The summed E-state index contributed by atoms with van der Waals surface area (Å²) in [5.41, 5.74) is 1.90. The van der Waals surface area contributed by atoms with Crippen LogP contribution in [0.4, 0.5) is 0 Å². The van der Waals surface area contributed by atoms with Gasteiger partial charge in [0, 0.05) is 18.8 Å². The van der Waals surface area contributed by atoms with E-state index in [1.165, 1.54) is 11.8 Å². The molecule has 5 nitrogen and oxygen atoms in total. The molecule has 0 spiro atoms. The van der Waals surface area contributed by atoms with Gasteiger partial charge in [-0.15, -0.1) is 11.8 Å². The summed E-state index contributed by atoms with van der Waals surface area (Å²) >= 11 is 13.6. The molecule has 0 fully saturated rings. The van der Waals surface area contributed by atoms with Crippen LogP contribution in [0.15, 0.2) is 42.5 Å². The van der Waals surface area contributed by atoms with Crippen LogP contribution in [0.5, 0.6) is 5.75 Å². The molecule has 0 saturated carbocycles. The van der Waals surface area contributed by atoms with E-state index in [1.54, 1.807) is 18.1 Å². The van der Waals surface area contributed by atoms with Gasteiger partial charge in [0.15, 0.2) is 0 Å². The highest BCUT2D eigenvalue weighted by atomic mass is 35.5. The third-order valence-corrected chi connectivity index (χ3v) is 6.76. The maximum atomic E-state index is 13.3. The molecule has 0 aromatic heterocycles. The normalized spacial score (nSPS) is 11.8. The predicted octanol–water partition coefficient (Wildman–Crippen LogP) is 5.81. The summed E-state index contributed by atoms with van der Waals surface area (Å²) in [6.45, 7) is 6.91. The lowest BCUT2D eigenvalue weighted by atomic mass is 10.1. The Labute approximate surface area is 211 Å². The molecule has 2 aromatic rings. The van der Waals surface area contributed by atoms with Gasteiger partial charge in [-0.05, 0) is 47.7 Å². The smallest absolute Gasteiger partial charge is 0.242 e. The molecule has 1 N–H and O–H groups in total. The van der Waals surface area contributed by atoms with Gasteiger partial charge in [0.2, 0.25) is 11.8 Å². The van der Waals surface area contributed by atoms with Crippen LogP contribution in [0.2, 0.25) is 10.0 Å². The largest absolute Gasteiger partial charge is 0.497 e. The minimum absolute atomic E-state index is 0.0885. The lowest BCUT2D eigenvalue weighted by Crippen LogP contribution is -2.50. The van der Waals surface area contributed by atoms with Gasteiger partial charge in [0.05, 0.1) is 22.9 Å². The molecule has 0 bridgehead atoms. The number of carbonyl (C=O) groups is 2. The minimum Gasteiger partial charge on any atom is -0.497 e. The molecule has 180 valence electrons. The minimum atomic E-state index is -0.548. The van der Waals surface area contributed by atoms with Crippen LogP contribution < -0.4 is 10.1 Å². The van der Waals surface area contributed by atoms with Gasteiger partial charge in [-0.3, -0.25) is 9.59 Å². The molecule has 0 saturated heterocycles. The number of hydrogen-bond acceptors (Lipinski definition) is 4. The molecule has 0 aliphatic rings. The molecule has 0 aliphatic carbocycles. The van der Waals surface area contributed by atoms with Crippen molar-refractivity contribution in [3.05, 3.63) is 63.6 Å². The lowest BCUT2D eigenvalue weighted by Gasteiger charge is -2.31. The fourth-order valence-corrected chi connectivity index (χ4v) is 4.46. The number of amides is 2. The van der Waals surface area contributed by atoms with Crippen LogP contribution in [0, 0.1) is 5.92 Å². The topological polar surface area (TPSA) is 58.6 Å². The van der Waals surface area contributed by atoms with Crippen molar-refractivity contribution in [1.29, 1.82) is 0 Å². The SMILES string of the molecule is CC[C@@H](C(=O)NCC(C)C)N(Cc1cccc(OC)c1)C(=O)CSCc1ccc(Cl)c(Cl)c1. The molecule has 0 heterocycles. The maximum Gasteiger partial charge on any atom is 0.242 e. The van der Waals surface area contributed by atoms with Crippen molar-refractivity contribution in [2.45, 2.75) is 45.5 Å². The molecule has 0 unspecified atom stereocenters. The van der Waals surface area contributed by atoms with Crippen LogP contribution in [0.1, 0.15) is 38.3 Å². The van der Waals surface area contributed by atoms with Gasteiger partial charge in [-0.2, -0.15) is 0 Å². The first-order chi connectivity index (χ1) is 15.7. The van der Waals surface area contributed by atoms with Gasteiger partial charge in [0.1, 0.15) is 11.8 Å². The summed E-state index contributed by atoms with van der Waals surface area (Å²) in [5.74, 6) is 1.69. The molecule has 1 atom stereocenters. The van der Waals surface area contributed by atoms with Crippen molar-refractivity contribution in [1.82, 2.24) is 10.2 Å². The van der Waals surface area contributed by atoms with Crippen molar-refractivity contribution in [2.75, 3.05) is 19.4 Å². The number of nitrogens with one attached hydrogen (secondary N) is 1. The highest BCUT2D eigenvalue weighted by molar-refractivity contribution is 7.99. The Morgan fingerprint density at radius 1 is 1.09 bits per heavy atom. The molecule has 2 amide bonds. The maximum absolute atomic E-state index is 13.3. The van der Waals surface area contributed by atoms with E-state index in [-0.39, 0.29) is 17.6 Å². The molecule has 2 aromatic carbocycles. The predicted molar refractivity (Wildman–Crippen MR) is 138 cm³/mol. The number of thioether (sulfide) groups is 1. The van der Waals surface area contributed by atoms with E-state index < -0.39 is 6.04 Å². The number of benzene rings is 2. The van der Waals surface area contributed by atoms with Gasteiger partial charge in [-0.1, -0.05) is 62.2 Å². The Morgan fingerprint density at radius 3 is 2.48 bits per heavy atom. The van der Waals surface area contributed by atoms with Gasteiger partial charge < -0.3 is 15.0 Å². The number of hydrogen-bond donors (Lipinski definition) is 1. The van der Waals surface area contributed by atoms with Gasteiger partial charge >= 0.3 is 0 Å². The highest BCUT2D eigenvalue weighted by Crippen LogP contribution is 2.25. The van der Waals surface area contributed by atoms with Crippen LogP contribution in [0.25, 0.3) is 0 Å². The van der Waals surface area contributed by atoms with Crippen LogP contribution >= 0.6 is 35.0 Å². The number of halogens is 2. The fraction of sp³-hybridized carbons (Fsp3) is 0.440. The molecule has 2 rings (SSSR count).